The number of rotatable bonds is 6. The molecule has 0 saturated heterocycles. The highest BCUT2D eigenvalue weighted by atomic mass is 79.9. The van der Waals surface area contributed by atoms with E-state index >= 15 is 0 Å². The summed E-state index contributed by atoms with van der Waals surface area (Å²) < 4.78 is 8.81. The Hall–Kier alpha value is -2.54. The van der Waals surface area contributed by atoms with Crippen molar-refractivity contribution in [1.29, 1.82) is 0 Å². The van der Waals surface area contributed by atoms with Crippen molar-refractivity contribution in [2.24, 2.45) is 12.0 Å². The van der Waals surface area contributed by atoms with E-state index in [2.05, 4.69) is 36.7 Å². The van der Waals surface area contributed by atoms with Gasteiger partial charge in [0.25, 0.3) is 0 Å². The zero-order valence-corrected chi connectivity index (χ0v) is 16.5. The summed E-state index contributed by atoms with van der Waals surface area (Å²) in [6.45, 7) is 3.96. The number of guanidine groups is 1. The van der Waals surface area contributed by atoms with E-state index in [0.29, 0.717) is 13.1 Å². The van der Waals surface area contributed by atoms with Gasteiger partial charge in [0.1, 0.15) is 11.5 Å². The van der Waals surface area contributed by atoms with Crippen molar-refractivity contribution in [2.45, 2.75) is 20.0 Å². The first-order valence-corrected chi connectivity index (χ1v) is 9.28. The molecule has 26 heavy (non-hydrogen) atoms. The van der Waals surface area contributed by atoms with E-state index in [0.717, 1.165) is 39.8 Å². The van der Waals surface area contributed by atoms with E-state index < -0.39 is 0 Å². The average molecular weight is 416 g/mol. The molecule has 2 aromatic heterocycles. The van der Waals surface area contributed by atoms with Crippen LogP contribution in [0.25, 0.3) is 11.3 Å². The fourth-order valence-corrected chi connectivity index (χ4v) is 2.74. The normalized spacial score (nSPS) is 11.6. The third-order valence-corrected chi connectivity index (χ3v) is 4.41. The van der Waals surface area contributed by atoms with E-state index in [4.69, 9.17) is 4.42 Å². The Labute approximate surface area is 161 Å². The molecule has 3 rings (SSSR count). The van der Waals surface area contributed by atoms with Gasteiger partial charge in [-0.15, -0.1) is 0 Å². The van der Waals surface area contributed by atoms with E-state index in [1.54, 1.807) is 6.20 Å². The number of aryl methyl sites for hydroxylation is 1. The molecule has 136 valence electrons. The highest BCUT2D eigenvalue weighted by molar-refractivity contribution is 9.10. The van der Waals surface area contributed by atoms with Gasteiger partial charge in [-0.05, 0) is 37.3 Å². The number of nitrogens with one attached hydrogen (secondary N) is 2. The molecule has 0 unspecified atom stereocenters. The molecule has 6 nitrogen and oxygen atoms in total. The molecular formula is C19H22BrN5O. The first-order chi connectivity index (χ1) is 12.7. The Morgan fingerprint density at radius 2 is 1.96 bits per heavy atom. The molecule has 0 radical (unpaired) electrons. The molecule has 0 spiro atoms. The molecule has 2 N–H and O–H groups in total. The molecule has 0 saturated carbocycles. The predicted molar refractivity (Wildman–Crippen MR) is 107 cm³/mol. The summed E-state index contributed by atoms with van der Waals surface area (Å²) in [5.74, 6) is 2.45. The molecule has 0 fully saturated rings. The minimum Gasteiger partial charge on any atom is -0.459 e. The molecule has 0 bridgehead atoms. The Morgan fingerprint density at radius 3 is 2.65 bits per heavy atom. The minimum atomic E-state index is 0.563. The Bertz CT molecular complexity index is 866. The predicted octanol–water partition coefficient (Wildman–Crippen LogP) is 3.70. The van der Waals surface area contributed by atoms with E-state index in [1.165, 1.54) is 0 Å². The highest BCUT2D eigenvalue weighted by Crippen LogP contribution is 2.23. The fourth-order valence-electron chi connectivity index (χ4n) is 2.47. The second-order valence-corrected chi connectivity index (χ2v) is 6.68. The summed E-state index contributed by atoms with van der Waals surface area (Å²) in [7, 11) is 1.91. The van der Waals surface area contributed by atoms with Gasteiger partial charge in [0, 0.05) is 29.8 Å². The van der Waals surface area contributed by atoms with Gasteiger partial charge in [-0.1, -0.05) is 28.1 Å². The maximum absolute atomic E-state index is 5.93. The van der Waals surface area contributed by atoms with Crippen LogP contribution in [0.1, 0.15) is 18.4 Å². The molecule has 0 atom stereocenters. The fraction of sp³-hybridized carbons (Fsp3) is 0.263. The summed E-state index contributed by atoms with van der Waals surface area (Å²) in [5, 5.41) is 10.7. The summed E-state index contributed by atoms with van der Waals surface area (Å²) in [6, 6.07) is 14.0. The van der Waals surface area contributed by atoms with E-state index in [9.17, 15) is 0 Å². The van der Waals surface area contributed by atoms with Crippen LogP contribution in [0.3, 0.4) is 0 Å². The van der Waals surface area contributed by atoms with Crippen molar-refractivity contribution < 1.29 is 4.42 Å². The maximum atomic E-state index is 5.93. The zero-order chi connectivity index (χ0) is 18.4. The second kappa shape index (κ2) is 8.71. The summed E-state index contributed by atoms with van der Waals surface area (Å²) in [5.41, 5.74) is 2.11. The lowest BCUT2D eigenvalue weighted by Crippen LogP contribution is -2.36. The molecule has 2 heterocycles. The van der Waals surface area contributed by atoms with E-state index in [1.807, 2.05) is 61.1 Å². The van der Waals surface area contributed by atoms with Crippen LogP contribution in [0.15, 0.2) is 62.5 Å². The van der Waals surface area contributed by atoms with Gasteiger partial charge >= 0.3 is 0 Å². The third-order valence-electron chi connectivity index (χ3n) is 3.89. The van der Waals surface area contributed by atoms with Gasteiger partial charge in [-0.2, -0.15) is 5.10 Å². The number of halogens is 1. The van der Waals surface area contributed by atoms with Crippen LogP contribution < -0.4 is 10.6 Å². The molecule has 3 aromatic rings. The van der Waals surface area contributed by atoms with Gasteiger partial charge in [0.2, 0.25) is 0 Å². The number of aromatic nitrogens is 2. The van der Waals surface area contributed by atoms with Crippen LogP contribution in [-0.4, -0.2) is 22.3 Å². The number of benzene rings is 1. The number of furan rings is 1. The smallest absolute Gasteiger partial charge is 0.192 e. The van der Waals surface area contributed by atoms with Gasteiger partial charge in [0.15, 0.2) is 5.96 Å². The molecule has 0 aliphatic rings. The van der Waals surface area contributed by atoms with Crippen LogP contribution in [0.2, 0.25) is 0 Å². The SMILES string of the molecule is CCNC(=NCc1ccnn1C)NCc1ccc(-c2ccc(Br)cc2)o1. The average Bonchev–Trinajstić information content (AvgIpc) is 3.27. The Morgan fingerprint density at radius 1 is 1.15 bits per heavy atom. The zero-order valence-electron chi connectivity index (χ0n) is 14.9. The molecule has 1 aromatic carbocycles. The molecule has 7 heteroatoms. The summed E-state index contributed by atoms with van der Waals surface area (Å²) in [6.07, 6.45) is 1.78. The van der Waals surface area contributed by atoms with E-state index in [-0.39, 0.29) is 0 Å². The van der Waals surface area contributed by atoms with Crippen molar-refractivity contribution in [3.05, 3.63) is 64.6 Å². The minimum absolute atomic E-state index is 0.563. The second-order valence-electron chi connectivity index (χ2n) is 5.77. The number of hydrogen-bond donors (Lipinski definition) is 2. The van der Waals surface area contributed by atoms with Crippen LogP contribution in [0.5, 0.6) is 0 Å². The largest absolute Gasteiger partial charge is 0.459 e. The van der Waals surface area contributed by atoms with Gasteiger partial charge < -0.3 is 15.1 Å². The first-order valence-electron chi connectivity index (χ1n) is 8.49. The Balaban J connectivity index is 1.62. The monoisotopic (exact) mass is 415 g/mol. The third kappa shape index (κ3) is 4.76. The van der Waals surface area contributed by atoms with Crippen LogP contribution >= 0.6 is 15.9 Å². The molecule has 0 amide bonds. The number of nitrogens with zero attached hydrogens (tertiary/aromatic N) is 3. The lowest BCUT2D eigenvalue weighted by Gasteiger charge is -2.10. The van der Waals surface area contributed by atoms with Gasteiger partial charge in [0.05, 0.1) is 18.8 Å². The van der Waals surface area contributed by atoms with Crippen molar-refractivity contribution in [3.8, 4) is 11.3 Å². The van der Waals surface area contributed by atoms with Crippen molar-refractivity contribution in [1.82, 2.24) is 20.4 Å². The summed E-state index contributed by atoms with van der Waals surface area (Å²) in [4.78, 5) is 4.59. The molecule has 0 aliphatic carbocycles. The number of aliphatic imine (C=N–C) groups is 1. The highest BCUT2D eigenvalue weighted by Gasteiger charge is 2.06. The van der Waals surface area contributed by atoms with Gasteiger partial charge in [-0.25, -0.2) is 4.99 Å². The number of hydrogen-bond acceptors (Lipinski definition) is 3. The lowest BCUT2D eigenvalue weighted by atomic mass is 10.2. The summed E-state index contributed by atoms with van der Waals surface area (Å²) >= 11 is 3.45. The van der Waals surface area contributed by atoms with Crippen molar-refractivity contribution in [2.75, 3.05) is 6.54 Å². The van der Waals surface area contributed by atoms with Crippen LogP contribution in [-0.2, 0) is 20.1 Å². The standard InChI is InChI=1S/C19H22BrN5O/c1-3-21-19(22-12-16-10-11-24-25(16)2)23-13-17-8-9-18(26-17)14-4-6-15(20)7-5-14/h4-11H,3,12-13H2,1-2H3,(H2,21,22,23). The van der Waals surface area contributed by atoms with Crippen molar-refractivity contribution >= 4 is 21.9 Å². The lowest BCUT2D eigenvalue weighted by molar-refractivity contribution is 0.513. The van der Waals surface area contributed by atoms with Crippen LogP contribution in [0.4, 0.5) is 0 Å². The Kier molecular flexibility index (Phi) is 6.12. The maximum Gasteiger partial charge on any atom is 0.192 e. The first kappa shape index (κ1) is 18.3. The van der Waals surface area contributed by atoms with Gasteiger partial charge in [-0.3, -0.25) is 4.68 Å². The topological polar surface area (TPSA) is 67.4 Å². The van der Waals surface area contributed by atoms with Crippen LogP contribution in [0, 0.1) is 0 Å². The quantitative estimate of drug-likeness (QED) is 0.475. The molecule has 0 aliphatic heterocycles. The van der Waals surface area contributed by atoms with Crippen molar-refractivity contribution in [3.63, 3.8) is 0 Å². The molecular weight excluding hydrogens is 394 g/mol.